The summed E-state index contributed by atoms with van der Waals surface area (Å²) in [6.45, 7) is 3.77. The number of methoxy groups -OCH3 is 1. The van der Waals surface area contributed by atoms with Gasteiger partial charge in [0, 0.05) is 28.6 Å². The number of hydrogen-bond donors (Lipinski definition) is 1. The average Bonchev–Trinajstić information content (AvgIpc) is 3.06. The lowest BCUT2D eigenvalue weighted by Gasteiger charge is -2.13. The zero-order valence-electron chi connectivity index (χ0n) is 17.9. The number of hydrazone groups is 1. The van der Waals surface area contributed by atoms with E-state index in [1.165, 1.54) is 25.5 Å². The van der Waals surface area contributed by atoms with Crippen molar-refractivity contribution < 1.29 is 19.2 Å². The van der Waals surface area contributed by atoms with E-state index in [2.05, 4.69) is 10.5 Å². The third-order valence-corrected chi connectivity index (χ3v) is 4.95. The minimum absolute atomic E-state index is 0.112. The summed E-state index contributed by atoms with van der Waals surface area (Å²) in [5, 5.41) is 15.1. The number of ether oxygens (including phenoxy) is 1. The number of aryl methyl sites for hydroxylation is 1. The Kier molecular flexibility index (Phi) is 6.79. The first kappa shape index (κ1) is 22.4. The van der Waals surface area contributed by atoms with E-state index in [1.807, 2.05) is 36.6 Å². The predicted octanol–water partition coefficient (Wildman–Crippen LogP) is 3.48. The number of amides is 1. The Balaban J connectivity index is 1.79. The van der Waals surface area contributed by atoms with Gasteiger partial charge in [0.2, 0.25) is 5.91 Å². The van der Waals surface area contributed by atoms with Gasteiger partial charge >= 0.3 is 5.97 Å². The van der Waals surface area contributed by atoms with Crippen LogP contribution in [0.2, 0.25) is 0 Å². The third-order valence-electron chi connectivity index (χ3n) is 4.95. The van der Waals surface area contributed by atoms with Crippen molar-refractivity contribution in [1.82, 2.24) is 9.99 Å². The van der Waals surface area contributed by atoms with E-state index < -0.39 is 16.8 Å². The molecule has 0 spiro atoms. The van der Waals surface area contributed by atoms with Crippen LogP contribution in [0.5, 0.6) is 0 Å². The lowest BCUT2D eigenvalue weighted by molar-refractivity contribution is -0.385. The van der Waals surface area contributed by atoms with Gasteiger partial charge in [-0.05, 0) is 32.0 Å². The minimum Gasteiger partial charge on any atom is -0.465 e. The maximum absolute atomic E-state index is 12.2. The Bertz CT molecular complexity index is 1210. The fourth-order valence-corrected chi connectivity index (χ4v) is 3.46. The molecule has 9 nitrogen and oxygen atoms in total. The lowest BCUT2D eigenvalue weighted by atomic mass is 10.1. The van der Waals surface area contributed by atoms with Gasteiger partial charge in [-0.2, -0.15) is 5.10 Å². The zero-order chi connectivity index (χ0) is 23.3. The van der Waals surface area contributed by atoms with Crippen LogP contribution in [0, 0.1) is 24.0 Å². The minimum atomic E-state index is -0.521. The maximum atomic E-state index is 12.2. The standard InChI is InChI=1S/C23H22N4O5/c1-15-12-18(16(2)26(15)21-11-7-5-9-19(21)23(29)32-3)14-24-25-22(28)13-17-8-4-6-10-20(17)27(30)31/h4-12,14H,13H2,1-3H3,(H,25,28). The van der Waals surface area contributed by atoms with Crippen molar-refractivity contribution in [2.24, 2.45) is 5.10 Å². The second-order valence-electron chi connectivity index (χ2n) is 7.03. The Labute approximate surface area is 184 Å². The van der Waals surface area contributed by atoms with Crippen LogP contribution < -0.4 is 5.43 Å². The van der Waals surface area contributed by atoms with Gasteiger partial charge < -0.3 is 9.30 Å². The molecule has 0 saturated carbocycles. The van der Waals surface area contributed by atoms with Gasteiger partial charge in [0.15, 0.2) is 0 Å². The van der Waals surface area contributed by atoms with Crippen molar-refractivity contribution in [3.8, 4) is 5.69 Å². The molecule has 1 amide bonds. The highest BCUT2D eigenvalue weighted by molar-refractivity contribution is 5.94. The molecule has 1 N–H and O–H groups in total. The summed E-state index contributed by atoms with van der Waals surface area (Å²) in [6.07, 6.45) is 1.33. The summed E-state index contributed by atoms with van der Waals surface area (Å²) in [6, 6.07) is 15.1. The molecular formula is C23H22N4O5. The molecule has 1 aromatic heterocycles. The molecule has 2 aromatic carbocycles. The number of aromatic nitrogens is 1. The molecule has 0 saturated heterocycles. The molecule has 0 aliphatic rings. The van der Waals surface area contributed by atoms with E-state index in [0.29, 0.717) is 16.8 Å². The highest BCUT2D eigenvalue weighted by Gasteiger charge is 2.17. The topological polar surface area (TPSA) is 116 Å². The van der Waals surface area contributed by atoms with Crippen molar-refractivity contribution in [1.29, 1.82) is 0 Å². The van der Waals surface area contributed by atoms with Crippen LogP contribution in [0.4, 0.5) is 5.69 Å². The molecule has 0 bridgehead atoms. The first-order valence-electron chi connectivity index (χ1n) is 9.74. The van der Waals surface area contributed by atoms with Gasteiger partial charge in [0.1, 0.15) is 0 Å². The first-order valence-corrected chi connectivity index (χ1v) is 9.74. The number of esters is 1. The number of nitrogens with zero attached hydrogens (tertiary/aromatic N) is 3. The van der Waals surface area contributed by atoms with E-state index in [1.54, 1.807) is 24.3 Å². The summed E-state index contributed by atoms with van der Waals surface area (Å²) >= 11 is 0. The van der Waals surface area contributed by atoms with Gasteiger partial charge in [0.05, 0.1) is 35.9 Å². The van der Waals surface area contributed by atoms with Crippen molar-refractivity contribution in [2.45, 2.75) is 20.3 Å². The fraction of sp³-hybridized carbons (Fsp3) is 0.174. The van der Waals surface area contributed by atoms with Crippen LogP contribution in [0.1, 0.15) is 32.9 Å². The van der Waals surface area contributed by atoms with Gasteiger partial charge in [0.25, 0.3) is 5.69 Å². The molecule has 0 radical (unpaired) electrons. The van der Waals surface area contributed by atoms with Crippen LogP contribution in [0.25, 0.3) is 5.69 Å². The third kappa shape index (κ3) is 4.72. The highest BCUT2D eigenvalue weighted by Crippen LogP contribution is 2.23. The normalized spacial score (nSPS) is 10.8. The molecule has 1 heterocycles. The summed E-state index contributed by atoms with van der Waals surface area (Å²) in [5.74, 6) is -0.911. The van der Waals surface area contributed by atoms with E-state index in [9.17, 15) is 19.7 Å². The number of nitro groups is 1. The van der Waals surface area contributed by atoms with Crippen molar-refractivity contribution in [3.05, 3.63) is 92.8 Å². The number of para-hydroxylation sites is 2. The highest BCUT2D eigenvalue weighted by atomic mass is 16.6. The number of benzene rings is 2. The first-order chi connectivity index (χ1) is 15.3. The summed E-state index contributed by atoms with van der Waals surface area (Å²) < 4.78 is 6.79. The van der Waals surface area contributed by atoms with E-state index in [4.69, 9.17) is 4.74 Å². The maximum Gasteiger partial charge on any atom is 0.339 e. The van der Waals surface area contributed by atoms with Crippen LogP contribution in [0.15, 0.2) is 59.7 Å². The number of carbonyl (C=O) groups excluding carboxylic acids is 2. The van der Waals surface area contributed by atoms with Crippen LogP contribution in [0.3, 0.4) is 0 Å². The molecule has 32 heavy (non-hydrogen) atoms. The second-order valence-corrected chi connectivity index (χ2v) is 7.03. The molecular weight excluding hydrogens is 412 g/mol. The van der Waals surface area contributed by atoms with Crippen molar-refractivity contribution in [3.63, 3.8) is 0 Å². The van der Waals surface area contributed by atoms with E-state index in [0.717, 1.165) is 17.0 Å². The zero-order valence-corrected chi connectivity index (χ0v) is 17.9. The van der Waals surface area contributed by atoms with Gasteiger partial charge in [-0.25, -0.2) is 10.2 Å². The molecule has 3 rings (SSSR count). The Hall–Kier alpha value is -4.27. The van der Waals surface area contributed by atoms with Gasteiger partial charge in [-0.15, -0.1) is 0 Å². The van der Waals surface area contributed by atoms with E-state index in [-0.39, 0.29) is 12.1 Å². The van der Waals surface area contributed by atoms with Gasteiger partial charge in [-0.3, -0.25) is 14.9 Å². The predicted molar refractivity (Wildman–Crippen MR) is 119 cm³/mol. The van der Waals surface area contributed by atoms with Crippen LogP contribution >= 0.6 is 0 Å². The molecule has 9 heteroatoms. The monoisotopic (exact) mass is 434 g/mol. The number of rotatable bonds is 7. The smallest absolute Gasteiger partial charge is 0.339 e. The largest absolute Gasteiger partial charge is 0.465 e. The van der Waals surface area contributed by atoms with E-state index >= 15 is 0 Å². The lowest BCUT2D eigenvalue weighted by Crippen LogP contribution is -2.20. The quantitative estimate of drug-likeness (QED) is 0.264. The van der Waals surface area contributed by atoms with Gasteiger partial charge in [-0.1, -0.05) is 30.3 Å². The number of nitrogens with one attached hydrogen (secondary N) is 1. The molecule has 3 aromatic rings. The molecule has 0 atom stereocenters. The Morgan fingerprint density at radius 3 is 2.56 bits per heavy atom. The Morgan fingerprint density at radius 2 is 1.84 bits per heavy atom. The Morgan fingerprint density at radius 1 is 1.16 bits per heavy atom. The van der Waals surface area contributed by atoms with Crippen molar-refractivity contribution in [2.75, 3.05) is 7.11 Å². The number of carbonyl (C=O) groups is 2. The summed E-state index contributed by atoms with van der Waals surface area (Å²) in [7, 11) is 1.33. The van der Waals surface area contributed by atoms with Crippen LogP contribution in [-0.4, -0.2) is 34.7 Å². The second kappa shape index (κ2) is 9.69. The fourth-order valence-electron chi connectivity index (χ4n) is 3.46. The SMILES string of the molecule is COC(=O)c1ccccc1-n1c(C)cc(C=NNC(=O)Cc2ccccc2[N+](=O)[O-])c1C. The molecule has 164 valence electrons. The molecule has 0 unspecified atom stereocenters. The molecule has 0 fully saturated rings. The molecule has 0 aliphatic heterocycles. The van der Waals surface area contributed by atoms with Crippen LogP contribution in [-0.2, 0) is 16.0 Å². The summed E-state index contributed by atoms with van der Waals surface area (Å²) in [5.41, 5.74) is 6.13. The number of hydrogen-bond acceptors (Lipinski definition) is 6. The van der Waals surface area contributed by atoms with Crippen molar-refractivity contribution >= 4 is 23.8 Å². The average molecular weight is 434 g/mol. The number of nitro benzene ring substituents is 1. The molecule has 0 aliphatic carbocycles. The summed E-state index contributed by atoms with van der Waals surface area (Å²) in [4.78, 5) is 34.9.